The number of hydrogen-bond acceptors (Lipinski definition) is 3. The first-order valence-corrected chi connectivity index (χ1v) is 4.73. The molecule has 3 N–H and O–H groups in total. The van der Waals surface area contributed by atoms with Gasteiger partial charge in [0.05, 0.1) is 6.42 Å². The van der Waals surface area contributed by atoms with Gasteiger partial charge < -0.3 is 15.6 Å². The SMILES string of the molecule is NC(CC(=O)O)CC1CCOCC1. The normalized spacial score (nSPS) is 21.3. The third kappa shape index (κ3) is 4.24. The predicted octanol–water partition coefficient (Wildman–Crippen LogP) is 0.605. The van der Waals surface area contributed by atoms with E-state index in [9.17, 15) is 4.79 Å². The molecule has 0 amide bonds. The lowest BCUT2D eigenvalue weighted by Crippen LogP contribution is -2.29. The van der Waals surface area contributed by atoms with Crippen LogP contribution in [0, 0.1) is 5.92 Å². The summed E-state index contributed by atoms with van der Waals surface area (Å²) in [6.45, 7) is 1.59. The lowest BCUT2D eigenvalue weighted by atomic mass is 9.92. The van der Waals surface area contributed by atoms with Gasteiger partial charge in [-0.15, -0.1) is 0 Å². The number of carboxylic acid groups (broad SMARTS) is 1. The molecule has 0 radical (unpaired) electrons. The molecule has 1 atom stereocenters. The summed E-state index contributed by atoms with van der Waals surface area (Å²) < 4.78 is 5.21. The minimum atomic E-state index is -0.806. The number of ether oxygens (including phenoxy) is 1. The molecule has 0 aromatic heterocycles. The predicted molar refractivity (Wildman–Crippen MR) is 48.4 cm³/mol. The second-order valence-electron chi connectivity index (χ2n) is 3.65. The Hall–Kier alpha value is -0.610. The molecule has 1 heterocycles. The van der Waals surface area contributed by atoms with Crippen molar-refractivity contribution in [2.45, 2.75) is 31.7 Å². The van der Waals surface area contributed by atoms with Gasteiger partial charge in [-0.05, 0) is 25.2 Å². The fraction of sp³-hybridized carbons (Fsp3) is 0.889. The van der Waals surface area contributed by atoms with Crippen LogP contribution in [0.1, 0.15) is 25.7 Å². The lowest BCUT2D eigenvalue weighted by molar-refractivity contribution is -0.137. The summed E-state index contributed by atoms with van der Waals surface area (Å²) in [6.07, 6.45) is 2.94. The van der Waals surface area contributed by atoms with Crippen LogP contribution < -0.4 is 5.73 Å². The van der Waals surface area contributed by atoms with Crippen LogP contribution >= 0.6 is 0 Å². The molecule has 1 aliphatic rings. The van der Waals surface area contributed by atoms with E-state index in [1.807, 2.05) is 0 Å². The molecule has 4 heteroatoms. The van der Waals surface area contributed by atoms with E-state index < -0.39 is 5.97 Å². The maximum absolute atomic E-state index is 10.3. The van der Waals surface area contributed by atoms with E-state index in [1.54, 1.807) is 0 Å². The summed E-state index contributed by atoms with van der Waals surface area (Å²) in [6, 6.07) is -0.194. The Morgan fingerprint density at radius 1 is 1.54 bits per heavy atom. The maximum Gasteiger partial charge on any atom is 0.304 e. The topological polar surface area (TPSA) is 72.6 Å². The molecule has 0 saturated carbocycles. The number of rotatable bonds is 4. The Labute approximate surface area is 78.1 Å². The summed E-state index contributed by atoms with van der Waals surface area (Å²) in [5.41, 5.74) is 5.68. The first-order chi connectivity index (χ1) is 6.18. The van der Waals surface area contributed by atoms with Crippen molar-refractivity contribution in [3.63, 3.8) is 0 Å². The largest absolute Gasteiger partial charge is 0.481 e. The highest BCUT2D eigenvalue weighted by molar-refractivity contribution is 5.67. The molecule has 1 saturated heterocycles. The Kier molecular flexibility index (Phi) is 4.18. The fourth-order valence-electron chi connectivity index (χ4n) is 1.72. The lowest BCUT2D eigenvalue weighted by Gasteiger charge is -2.24. The highest BCUT2D eigenvalue weighted by Gasteiger charge is 2.18. The van der Waals surface area contributed by atoms with Crippen molar-refractivity contribution in [3.8, 4) is 0 Å². The van der Waals surface area contributed by atoms with E-state index in [0.29, 0.717) is 5.92 Å². The van der Waals surface area contributed by atoms with E-state index in [2.05, 4.69) is 0 Å². The van der Waals surface area contributed by atoms with E-state index in [1.165, 1.54) is 0 Å². The number of hydrogen-bond donors (Lipinski definition) is 2. The molecule has 1 fully saturated rings. The second-order valence-corrected chi connectivity index (χ2v) is 3.65. The van der Waals surface area contributed by atoms with Crippen molar-refractivity contribution in [1.82, 2.24) is 0 Å². The van der Waals surface area contributed by atoms with Gasteiger partial charge in [-0.2, -0.15) is 0 Å². The summed E-state index contributed by atoms with van der Waals surface area (Å²) >= 11 is 0. The van der Waals surface area contributed by atoms with Crippen LogP contribution in [-0.4, -0.2) is 30.3 Å². The van der Waals surface area contributed by atoms with E-state index in [0.717, 1.165) is 32.5 Å². The Bertz CT molecular complexity index is 166. The third-order valence-corrected chi connectivity index (χ3v) is 2.41. The van der Waals surface area contributed by atoms with E-state index >= 15 is 0 Å². The molecule has 0 aromatic rings. The van der Waals surface area contributed by atoms with E-state index in [4.69, 9.17) is 15.6 Å². The zero-order valence-electron chi connectivity index (χ0n) is 7.74. The van der Waals surface area contributed by atoms with Gasteiger partial charge in [0.25, 0.3) is 0 Å². The van der Waals surface area contributed by atoms with Gasteiger partial charge in [-0.25, -0.2) is 0 Å². The first-order valence-electron chi connectivity index (χ1n) is 4.73. The first kappa shape index (κ1) is 10.5. The van der Waals surface area contributed by atoms with Gasteiger partial charge in [0.2, 0.25) is 0 Å². The molecule has 1 rings (SSSR count). The van der Waals surface area contributed by atoms with Gasteiger partial charge in [-0.3, -0.25) is 4.79 Å². The van der Waals surface area contributed by atoms with Gasteiger partial charge in [0, 0.05) is 19.3 Å². The molecule has 0 bridgehead atoms. The van der Waals surface area contributed by atoms with Crippen molar-refractivity contribution in [3.05, 3.63) is 0 Å². The van der Waals surface area contributed by atoms with Crippen LogP contribution in [0.5, 0.6) is 0 Å². The molecule has 0 aromatic carbocycles. The molecular weight excluding hydrogens is 170 g/mol. The monoisotopic (exact) mass is 187 g/mol. The molecule has 76 valence electrons. The highest BCUT2D eigenvalue weighted by atomic mass is 16.5. The molecule has 1 aliphatic heterocycles. The van der Waals surface area contributed by atoms with Crippen molar-refractivity contribution in [2.24, 2.45) is 11.7 Å². The third-order valence-electron chi connectivity index (χ3n) is 2.41. The summed E-state index contributed by atoms with van der Waals surface area (Å²) in [4.78, 5) is 10.3. The van der Waals surface area contributed by atoms with Crippen LogP contribution in [0.2, 0.25) is 0 Å². The molecule has 0 aliphatic carbocycles. The van der Waals surface area contributed by atoms with Crippen LogP contribution in [-0.2, 0) is 9.53 Å². The smallest absolute Gasteiger partial charge is 0.304 e. The van der Waals surface area contributed by atoms with Gasteiger partial charge in [-0.1, -0.05) is 0 Å². The molecule has 4 nitrogen and oxygen atoms in total. The highest BCUT2D eigenvalue weighted by Crippen LogP contribution is 2.20. The van der Waals surface area contributed by atoms with Crippen molar-refractivity contribution < 1.29 is 14.6 Å². The Morgan fingerprint density at radius 3 is 2.69 bits per heavy atom. The fourth-order valence-corrected chi connectivity index (χ4v) is 1.72. The Morgan fingerprint density at radius 2 is 2.15 bits per heavy atom. The summed E-state index contributed by atoms with van der Waals surface area (Å²) in [7, 11) is 0. The minimum absolute atomic E-state index is 0.0807. The van der Waals surface area contributed by atoms with E-state index in [-0.39, 0.29) is 12.5 Å². The molecule has 13 heavy (non-hydrogen) atoms. The van der Waals surface area contributed by atoms with Crippen LogP contribution in [0.3, 0.4) is 0 Å². The number of carboxylic acids is 1. The van der Waals surface area contributed by atoms with Crippen LogP contribution in [0.15, 0.2) is 0 Å². The van der Waals surface area contributed by atoms with Crippen molar-refractivity contribution in [2.75, 3.05) is 13.2 Å². The number of nitrogens with two attached hydrogens (primary N) is 1. The molecule has 1 unspecified atom stereocenters. The maximum atomic E-state index is 10.3. The van der Waals surface area contributed by atoms with Gasteiger partial charge in [0.15, 0.2) is 0 Å². The molecule has 0 spiro atoms. The van der Waals surface area contributed by atoms with Crippen LogP contribution in [0.25, 0.3) is 0 Å². The zero-order chi connectivity index (χ0) is 9.68. The van der Waals surface area contributed by atoms with Crippen molar-refractivity contribution in [1.29, 1.82) is 0 Å². The quantitative estimate of drug-likeness (QED) is 0.676. The van der Waals surface area contributed by atoms with Gasteiger partial charge in [0.1, 0.15) is 0 Å². The minimum Gasteiger partial charge on any atom is -0.481 e. The average molecular weight is 187 g/mol. The number of aliphatic carboxylic acids is 1. The summed E-state index contributed by atoms with van der Waals surface area (Å²) in [5, 5.41) is 8.51. The standard InChI is InChI=1S/C9H17NO3/c10-8(6-9(11)12)5-7-1-3-13-4-2-7/h7-8H,1-6,10H2,(H,11,12). The van der Waals surface area contributed by atoms with Gasteiger partial charge >= 0.3 is 5.97 Å². The molecular formula is C9H17NO3. The van der Waals surface area contributed by atoms with Crippen LogP contribution in [0.4, 0.5) is 0 Å². The summed E-state index contributed by atoms with van der Waals surface area (Å²) in [5.74, 6) is -0.248. The number of carbonyl (C=O) groups is 1. The Balaban J connectivity index is 2.18. The zero-order valence-corrected chi connectivity index (χ0v) is 7.74. The second kappa shape index (κ2) is 5.19. The average Bonchev–Trinajstić information content (AvgIpc) is 2.04. The van der Waals surface area contributed by atoms with Crippen molar-refractivity contribution >= 4 is 5.97 Å².